The maximum atomic E-state index is 11.6. The number of anilines is 2. The Balaban J connectivity index is 2.23. The Morgan fingerprint density at radius 3 is 2.78 bits per heavy atom. The number of aryl methyl sites for hydroxylation is 2. The van der Waals surface area contributed by atoms with Crippen molar-refractivity contribution in [3.8, 4) is 0 Å². The molecule has 0 fully saturated rings. The van der Waals surface area contributed by atoms with Crippen LogP contribution in [0.2, 0.25) is 0 Å². The maximum absolute atomic E-state index is 11.6. The van der Waals surface area contributed by atoms with Crippen molar-refractivity contribution in [2.24, 2.45) is 0 Å². The molecule has 94 valence electrons. The van der Waals surface area contributed by atoms with E-state index in [1.54, 1.807) is 7.05 Å². The van der Waals surface area contributed by atoms with Gasteiger partial charge in [-0.3, -0.25) is 4.79 Å². The van der Waals surface area contributed by atoms with Crippen molar-refractivity contribution in [1.82, 2.24) is 10.3 Å². The standard InChI is InChI=1S/C13H15N3OS/c1-8-5-4-6-10(7-8)16-13-15-9(2)11(18-13)12(17)14-3/h4-7H,1-3H3,(H,14,17)(H,15,16). The number of hydrogen-bond acceptors (Lipinski definition) is 4. The van der Waals surface area contributed by atoms with Crippen LogP contribution in [-0.4, -0.2) is 17.9 Å². The minimum atomic E-state index is -0.0951. The highest BCUT2D eigenvalue weighted by Gasteiger charge is 2.13. The van der Waals surface area contributed by atoms with E-state index in [-0.39, 0.29) is 5.91 Å². The van der Waals surface area contributed by atoms with E-state index in [0.717, 1.165) is 16.5 Å². The molecule has 1 aromatic carbocycles. The molecule has 0 aliphatic heterocycles. The molecule has 18 heavy (non-hydrogen) atoms. The van der Waals surface area contributed by atoms with E-state index in [2.05, 4.69) is 15.6 Å². The number of amides is 1. The minimum absolute atomic E-state index is 0.0951. The molecule has 2 N–H and O–H groups in total. The minimum Gasteiger partial charge on any atom is -0.354 e. The summed E-state index contributed by atoms with van der Waals surface area (Å²) < 4.78 is 0. The van der Waals surface area contributed by atoms with Crippen LogP contribution < -0.4 is 10.6 Å². The molecule has 0 spiro atoms. The first-order valence-electron chi connectivity index (χ1n) is 5.63. The van der Waals surface area contributed by atoms with E-state index < -0.39 is 0 Å². The monoisotopic (exact) mass is 261 g/mol. The van der Waals surface area contributed by atoms with Crippen LogP contribution in [0.3, 0.4) is 0 Å². The summed E-state index contributed by atoms with van der Waals surface area (Å²) in [5.41, 5.74) is 2.90. The third-order valence-corrected chi connectivity index (χ3v) is 3.57. The third-order valence-electron chi connectivity index (χ3n) is 2.50. The number of aromatic nitrogens is 1. The van der Waals surface area contributed by atoms with Crippen molar-refractivity contribution in [3.63, 3.8) is 0 Å². The van der Waals surface area contributed by atoms with E-state index in [1.165, 1.54) is 16.9 Å². The first-order chi connectivity index (χ1) is 8.60. The van der Waals surface area contributed by atoms with Gasteiger partial charge < -0.3 is 10.6 Å². The Morgan fingerprint density at radius 1 is 1.33 bits per heavy atom. The van der Waals surface area contributed by atoms with E-state index >= 15 is 0 Å². The molecule has 2 rings (SSSR count). The Labute approximate surface area is 110 Å². The molecule has 0 saturated carbocycles. The van der Waals surface area contributed by atoms with Gasteiger partial charge in [-0.05, 0) is 31.5 Å². The van der Waals surface area contributed by atoms with Crippen molar-refractivity contribution in [2.45, 2.75) is 13.8 Å². The normalized spacial score (nSPS) is 10.2. The molecule has 1 heterocycles. The van der Waals surface area contributed by atoms with Gasteiger partial charge in [-0.25, -0.2) is 4.98 Å². The fraction of sp³-hybridized carbons (Fsp3) is 0.231. The number of benzene rings is 1. The van der Waals surface area contributed by atoms with Crippen LogP contribution in [0.15, 0.2) is 24.3 Å². The van der Waals surface area contributed by atoms with Gasteiger partial charge in [-0.15, -0.1) is 0 Å². The molecule has 0 atom stereocenters. The average Bonchev–Trinajstić information content (AvgIpc) is 2.69. The molecular formula is C13H15N3OS. The van der Waals surface area contributed by atoms with Crippen LogP contribution in [0, 0.1) is 13.8 Å². The SMILES string of the molecule is CNC(=O)c1sc(Nc2cccc(C)c2)nc1C. The van der Waals surface area contributed by atoms with Crippen molar-refractivity contribution in [1.29, 1.82) is 0 Å². The van der Waals surface area contributed by atoms with E-state index in [1.807, 2.05) is 38.1 Å². The number of nitrogens with zero attached hydrogens (tertiary/aromatic N) is 1. The summed E-state index contributed by atoms with van der Waals surface area (Å²) >= 11 is 1.36. The summed E-state index contributed by atoms with van der Waals surface area (Å²) in [6.07, 6.45) is 0. The molecule has 1 amide bonds. The van der Waals surface area contributed by atoms with Gasteiger partial charge in [-0.1, -0.05) is 23.5 Å². The first-order valence-corrected chi connectivity index (χ1v) is 6.45. The fourth-order valence-corrected chi connectivity index (χ4v) is 2.55. The lowest BCUT2D eigenvalue weighted by atomic mass is 10.2. The molecule has 5 heteroatoms. The number of carbonyl (C=O) groups excluding carboxylic acids is 1. The summed E-state index contributed by atoms with van der Waals surface area (Å²) in [6, 6.07) is 8.03. The van der Waals surface area contributed by atoms with Crippen LogP contribution in [0.1, 0.15) is 20.9 Å². The Hall–Kier alpha value is -1.88. The van der Waals surface area contributed by atoms with E-state index in [9.17, 15) is 4.79 Å². The third kappa shape index (κ3) is 2.68. The van der Waals surface area contributed by atoms with Gasteiger partial charge >= 0.3 is 0 Å². The molecule has 0 aliphatic carbocycles. The molecule has 2 aromatic rings. The summed E-state index contributed by atoms with van der Waals surface area (Å²) in [5.74, 6) is -0.0951. The van der Waals surface area contributed by atoms with Gasteiger partial charge in [0.1, 0.15) is 4.88 Å². The van der Waals surface area contributed by atoms with Crippen molar-refractivity contribution in [3.05, 3.63) is 40.4 Å². The Bertz CT molecular complexity index is 577. The number of nitrogens with one attached hydrogen (secondary N) is 2. The predicted molar refractivity (Wildman–Crippen MR) is 74.7 cm³/mol. The van der Waals surface area contributed by atoms with E-state index in [0.29, 0.717) is 4.88 Å². The number of thiazole rings is 1. The Kier molecular flexibility index (Phi) is 3.62. The second kappa shape index (κ2) is 5.18. The van der Waals surface area contributed by atoms with Crippen LogP contribution in [0.5, 0.6) is 0 Å². The topological polar surface area (TPSA) is 54.0 Å². The van der Waals surface area contributed by atoms with Gasteiger partial charge in [0.05, 0.1) is 5.69 Å². The van der Waals surface area contributed by atoms with Gasteiger partial charge in [0.25, 0.3) is 5.91 Å². The molecule has 0 saturated heterocycles. The van der Waals surface area contributed by atoms with Gasteiger partial charge in [0.15, 0.2) is 5.13 Å². The molecule has 0 aliphatic rings. The highest BCUT2D eigenvalue weighted by molar-refractivity contribution is 7.17. The van der Waals surface area contributed by atoms with Gasteiger partial charge in [0, 0.05) is 12.7 Å². The smallest absolute Gasteiger partial charge is 0.263 e. The lowest BCUT2D eigenvalue weighted by molar-refractivity contribution is 0.0966. The van der Waals surface area contributed by atoms with Crippen molar-refractivity contribution < 1.29 is 4.79 Å². The van der Waals surface area contributed by atoms with Crippen LogP contribution in [0.4, 0.5) is 10.8 Å². The van der Waals surface area contributed by atoms with Crippen LogP contribution in [-0.2, 0) is 0 Å². The van der Waals surface area contributed by atoms with Crippen LogP contribution in [0.25, 0.3) is 0 Å². The highest BCUT2D eigenvalue weighted by atomic mass is 32.1. The zero-order valence-electron chi connectivity index (χ0n) is 10.6. The fourth-order valence-electron chi connectivity index (χ4n) is 1.62. The molecule has 0 bridgehead atoms. The van der Waals surface area contributed by atoms with E-state index in [4.69, 9.17) is 0 Å². The van der Waals surface area contributed by atoms with Gasteiger partial charge in [-0.2, -0.15) is 0 Å². The molecule has 0 radical (unpaired) electrons. The second-order valence-corrected chi connectivity index (χ2v) is 5.01. The van der Waals surface area contributed by atoms with Crippen LogP contribution >= 0.6 is 11.3 Å². The zero-order valence-corrected chi connectivity index (χ0v) is 11.4. The maximum Gasteiger partial charge on any atom is 0.263 e. The summed E-state index contributed by atoms with van der Waals surface area (Å²) in [5, 5.41) is 6.56. The predicted octanol–water partition coefficient (Wildman–Crippen LogP) is 2.86. The lowest BCUT2D eigenvalue weighted by Gasteiger charge is -2.02. The molecular weight excluding hydrogens is 246 g/mol. The van der Waals surface area contributed by atoms with Gasteiger partial charge in [0.2, 0.25) is 0 Å². The summed E-state index contributed by atoms with van der Waals surface area (Å²) in [6.45, 7) is 3.87. The molecule has 4 nitrogen and oxygen atoms in total. The first kappa shape index (κ1) is 12.6. The average molecular weight is 261 g/mol. The lowest BCUT2D eigenvalue weighted by Crippen LogP contribution is -2.17. The number of rotatable bonds is 3. The zero-order chi connectivity index (χ0) is 13.1. The number of carbonyl (C=O) groups is 1. The highest BCUT2D eigenvalue weighted by Crippen LogP contribution is 2.25. The molecule has 0 unspecified atom stereocenters. The molecule has 1 aromatic heterocycles. The quantitative estimate of drug-likeness (QED) is 0.893. The second-order valence-electron chi connectivity index (χ2n) is 4.01. The van der Waals surface area contributed by atoms with Crippen molar-refractivity contribution >= 4 is 28.1 Å². The summed E-state index contributed by atoms with van der Waals surface area (Å²) in [7, 11) is 1.62. The largest absolute Gasteiger partial charge is 0.354 e. The number of hydrogen-bond donors (Lipinski definition) is 2. The van der Waals surface area contributed by atoms with Crippen molar-refractivity contribution in [2.75, 3.05) is 12.4 Å². The Morgan fingerprint density at radius 2 is 2.11 bits per heavy atom. The summed E-state index contributed by atoms with van der Waals surface area (Å²) in [4.78, 5) is 16.6.